The third-order valence-electron chi connectivity index (χ3n) is 8.26. The van der Waals surface area contributed by atoms with E-state index in [1.54, 1.807) is 48.5 Å². The highest BCUT2D eigenvalue weighted by atomic mass is 16.6. The number of nitrogens with one attached hydrogen (secondary N) is 4. The Morgan fingerprint density at radius 1 is 0.942 bits per heavy atom. The van der Waals surface area contributed by atoms with Crippen LogP contribution in [0.15, 0.2) is 72.8 Å². The second kappa shape index (κ2) is 18.4. The molecule has 52 heavy (non-hydrogen) atoms. The van der Waals surface area contributed by atoms with Crippen LogP contribution in [0, 0.1) is 22.0 Å². The van der Waals surface area contributed by atoms with Gasteiger partial charge in [-0.2, -0.15) is 0 Å². The lowest BCUT2D eigenvalue weighted by Gasteiger charge is -2.27. The van der Waals surface area contributed by atoms with Crippen LogP contribution in [0.1, 0.15) is 57.2 Å². The number of alkyl carbamates (subject to hydrolysis) is 1. The molecule has 5 rings (SSSR count). The first-order chi connectivity index (χ1) is 24.8. The molecule has 0 aromatic heterocycles. The number of carbonyl (C=O) groups excluding carboxylic acids is 5. The average Bonchev–Trinajstić information content (AvgIpc) is 3.10. The van der Waals surface area contributed by atoms with Crippen molar-refractivity contribution in [1.29, 1.82) is 0 Å². The van der Waals surface area contributed by atoms with Crippen molar-refractivity contribution >= 4 is 35.8 Å². The minimum atomic E-state index is -1.29. The number of hydrogen-bond donors (Lipinski definition) is 4. The van der Waals surface area contributed by atoms with E-state index in [0.717, 1.165) is 5.56 Å². The minimum absolute atomic E-state index is 0.0144. The van der Waals surface area contributed by atoms with Gasteiger partial charge in [0.05, 0.1) is 11.0 Å². The Morgan fingerprint density at radius 3 is 2.27 bits per heavy atom. The maximum absolute atomic E-state index is 13.9. The van der Waals surface area contributed by atoms with Gasteiger partial charge in [0.2, 0.25) is 23.5 Å². The number of amides is 4. The van der Waals surface area contributed by atoms with Crippen molar-refractivity contribution in [2.45, 2.75) is 84.2 Å². The first-order valence-corrected chi connectivity index (χ1v) is 17.2. The van der Waals surface area contributed by atoms with E-state index < -0.39 is 52.9 Å². The molecule has 0 aliphatic carbocycles. The van der Waals surface area contributed by atoms with Crippen molar-refractivity contribution in [1.82, 2.24) is 21.3 Å². The molecule has 0 saturated heterocycles. The summed E-state index contributed by atoms with van der Waals surface area (Å²) >= 11 is 0. The van der Waals surface area contributed by atoms with Crippen LogP contribution in [-0.2, 0) is 43.4 Å². The molecule has 276 valence electrons. The number of ether oxygens (including phenoxy) is 2. The third-order valence-corrected chi connectivity index (χ3v) is 8.26. The molecule has 4 atom stereocenters. The van der Waals surface area contributed by atoms with E-state index >= 15 is 0 Å². The molecule has 4 N–H and O–H groups in total. The SMILES string of the molecule is CC(C)CC(C=O)NC(=O)C1Cc2ccc(cc2)Oc2cc(ccc2[N+](=O)[O-])CC(NC(=O)OCc2ccccc2)C(=O)NC(CC(C)C)C(=O)N1. The molecule has 0 radical (unpaired) electrons. The van der Waals surface area contributed by atoms with Crippen molar-refractivity contribution in [2.75, 3.05) is 0 Å². The van der Waals surface area contributed by atoms with E-state index in [2.05, 4.69) is 21.3 Å². The number of rotatable bonds is 11. The summed E-state index contributed by atoms with van der Waals surface area (Å²) in [6.07, 6.45) is 0.192. The van der Waals surface area contributed by atoms with E-state index in [9.17, 15) is 34.1 Å². The Balaban J connectivity index is 1.72. The highest BCUT2D eigenvalue weighted by molar-refractivity contribution is 5.94. The van der Waals surface area contributed by atoms with Gasteiger partial charge in [0, 0.05) is 18.9 Å². The summed E-state index contributed by atoms with van der Waals surface area (Å²) in [6, 6.07) is 15.2. The summed E-state index contributed by atoms with van der Waals surface area (Å²) in [5, 5.41) is 22.7. The van der Waals surface area contributed by atoms with Crippen LogP contribution < -0.4 is 26.0 Å². The zero-order valence-corrected chi connectivity index (χ0v) is 29.6. The Hall–Kier alpha value is -5.79. The monoisotopic (exact) mass is 715 g/mol. The molecule has 3 aromatic rings. The van der Waals surface area contributed by atoms with Crippen LogP contribution in [0.4, 0.5) is 10.5 Å². The predicted molar refractivity (Wildman–Crippen MR) is 191 cm³/mol. The lowest BCUT2D eigenvalue weighted by molar-refractivity contribution is -0.385. The van der Waals surface area contributed by atoms with E-state index in [-0.39, 0.29) is 54.9 Å². The normalized spacial score (nSPS) is 18.3. The van der Waals surface area contributed by atoms with Gasteiger partial charge in [-0.15, -0.1) is 0 Å². The van der Waals surface area contributed by atoms with Crippen molar-refractivity contribution in [3.05, 3.63) is 99.6 Å². The fourth-order valence-corrected chi connectivity index (χ4v) is 5.72. The number of benzene rings is 3. The minimum Gasteiger partial charge on any atom is -0.450 e. The maximum atomic E-state index is 13.9. The Kier molecular flexibility index (Phi) is 13.8. The summed E-state index contributed by atoms with van der Waals surface area (Å²) in [6.45, 7) is 7.49. The van der Waals surface area contributed by atoms with Crippen LogP contribution in [0.25, 0.3) is 0 Å². The number of nitro benzene ring substituents is 1. The summed E-state index contributed by atoms with van der Waals surface area (Å²) < 4.78 is 11.3. The molecule has 2 aliphatic heterocycles. The largest absolute Gasteiger partial charge is 0.450 e. The molecule has 3 aromatic carbocycles. The Labute approximate surface area is 302 Å². The van der Waals surface area contributed by atoms with Gasteiger partial charge in [0.1, 0.15) is 36.8 Å². The lowest BCUT2D eigenvalue weighted by atomic mass is 9.99. The molecule has 14 nitrogen and oxygen atoms in total. The van der Waals surface area contributed by atoms with Crippen LogP contribution >= 0.6 is 0 Å². The number of carbonyl (C=O) groups is 5. The fourth-order valence-electron chi connectivity index (χ4n) is 5.72. The van der Waals surface area contributed by atoms with Crippen molar-refractivity contribution in [3.8, 4) is 11.5 Å². The molecule has 0 saturated carbocycles. The van der Waals surface area contributed by atoms with Crippen LogP contribution in [-0.4, -0.2) is 59.2 Å². The highest BCUT2D eigenvalue weighted by Crippen LogP contribution is 2.33. The topological polar surface area (TPSA) is 195 Å². The Morgan fingerprint density at radius 2 is 1.63 bits per heavy atom. The summed E-state index contributed by atoms with van der Waals surface area (Å²) in [5.74, 6) is -1.77. The highest BCUT2D eigenvalue weighted by Gasteiger charge is 2.32. The molecular formula is C38H45N5O9. The number of hydrogen-bond acceptors (Lipinski definition) is 9. The molecular weight excluding hydrogens is 670 g/mol. The lowest BCUT2D eigenvalue weighted by Crippen LogP contribution is -2.58. The van der Waals surface area contributed by atoms with Crippen LogP contribution in [0.2, 0.25) is 0 Å². The summed E-state index contributed by atoms with van der Waals surface area (Å²) in [7, 11) is 0. The number of aldehydes is 1. The van der Waals surface area contributed by atoms with Gasteiger partial charge in [-0.3, -0.25) is 24.5 Å². The second-order valence-corrected chi connectivity index (χ2v) is 13.6. The van der Waals surface area contributed by atoms with Gasteiger partial charge >= 0.3 is 11.8 Å². The van der Waals surface area contributed by atoms with Gasteiger partial charge in [0.25, 0.3) is 0 Å². The van der Waals surface area contributed by atoms with Gasteiger partial charge in [-0.1, -0.05) is 76.2 Å². The number of fused-ring (bicyclic) bond motifs is 10. The molecule has 4 bridgehead atoms. The Bertz CT molecular complexity index is 1730. The molecule has 4 unspecified atom stereocenters. The van der Waals surface area contributed by atoms with Gasteiger partial charge in [-0.25, -0.2) is 4.79 Å². The average molecular weight is 716 g/mol. The maximum Gasteiger partial charge on any atom is 0.408 e. The number of nitro groups is 1. The van der Waals surface area contributed by atoms with Crippen LogP contribution in [0.5, 0.6) is 11.5 Å². The van der Waals surface area contributed by atoms with E-state index in [1.165, 1.54) is 18.2 Å². The summed E-state index contributed by atoms with van der Waals surface area (Å²) in [4.78, 5) is 77.6. The molecule has 2 aliphatic rings. The number of nitrogens with zero attached hydrogens (tertiary/aromatic N) is 1. The van der Waals surface area contributed by atoms with E-state index in [0.29, 0.717) is 23.8 Å². The predicted octanol–water partition coefficient (Wildman–Crippen LogP) is 4.53. The quantitative estimate of drug-likeness (QED) is 0.125. The standard InChI is InChI=1S/C38H45N5O9/c1-23(2)16-28(21-44)39-35(45)31-18-25-10-13-29(14-11-25)52-34-20-27(12-15-33(34)43(49)50)19-32(37(47)40-30(17-24(3)4)36(46)41-31)42-38(48)51-22-26-8-6-5-7-9-26/h5-15,20-21,23-24,28,30-32H,16-19,22H2,1-4H3,(H,39,45)(H,40,47)(H,41,46)(H,42,48). The zero-order valence-electron chi connectivity index (χ0n) is 29.6. The van der Waals surface area contributed by atoms with Crippen LogP contribution in [0.3, 0.4) is 0 Å². The van der Waals surface area contributed by atoms with Gasteiger partial charge < -0.3 is 35.5 Å². The fraction of sp³-hybridized carbons (Fsp3) is 0.395. The smallest absolute Gasteiger partial charge is 0.408 e. The molecule has 2 heterocycles. The molecule has 0 spiro atoms. The molecule has 4 amide bonds. The first-order valence-electron chi connectivity index (χ1n) is 17.2. The van der Waals surface area contributed by atoms with Gasteiger partial charge in [0.15, 0.2) is 0 Å². The zero-order chi connectivity index (χ0) is 37.8. The third kappa shape index (κ3) is 11.6. The second-order valence-electron chi connectivity index (χ2n) is 13.6. The van der Waals surface area contributed by atoms with Crippen molar-refractivity contribution in [2.24, 2.45) is 11.8 Å². The van der Waals surface area contributed by atoms with E-state index in [1.807, 2.05) is 33.8 Å². The van der Waals surface area contributed by atoms with Crippen molar-refractivity contribution in [3.63, 3.8) is 0 Å². The van der Waals surface area contributed by atoms with Gasteiger partial charge in [-0.05, 0) is 59.6 Å². The van der Waals surface area contributed by atoms with E-state index in [4.69, 9.17) is 9.47 Å². The van der Waals surface area contributed by atoms with Crippen molar-refractivity contribution < 1.29 is 38.4 Å². The summed E-state index contributed by atoms with van der Waals surface area (Å²) in [5.41, 5.74) is 1.43. The molecule has 0 fully saturated rings. The molecule has 14 heteroatoms. The first kappa shape index (κ1) is 39.0.